The van der Waals surface area contributed by atoms with Crippen molar-refractivity contribution < 1.29 is 9.59 Å². The molecule has 0 aromatic heterocycles. The summed E-state index contributed by atoms with van der Waals surface area (Å²) >= 11 is 0. The standard InChI is InChI=1S/C16H21N3O2/c17-15(20)14-8-11-4-1-2-5-13(11)10-19(14)16(21)12-6-3-7-18-9-12/h1-2,4-5,12,14,18H,3,6-10H2,(H2,17,20)/t12?,14-/m0/s1. The second-order valence-corrected chi connectivity index (χ2v) is 5.90. The van der Waals surface area contributed by atoms with Gasteiger partial charge in [0, 0.05) is 19.5 Å². The van der Waals surface area contributed by atoms with Crippen LogP contribution in [0.1, 0.15) is 24.0 Å². The maximum absolute atomic E-state index is 12.8. The molecule has 2 amide bonds. The van der Waals surface area contributed by atoms with Crippen LogP contribution in [-0.4, -0.2) is 35.8 Å². The van der Waals surface area contributed by atoms with Crippen LogP contribution in [0.2, 0.25) is 0 Å². The first-order chi connectivity index (χ1) is 10.2. The Labute approximate surface area is 124 Å². The number of carbonyl (C=O) groups excluding carboxylic acids is 2. The quantitative estimate of drug-likeness (QED) is 0.828. The molecule has 21 heavy (non-hydrogen) atoms. The van der Waals surface area contributed by atoms with E-state index in [2.05, 4.69) is 5.32 Å². The Kier molecular flexibility index (Phi) is 3.92. The highest BCUT2D eigenvalue weighted by molar-refractivity contribution is 5.88. The minimum absolute atomic E-state index is 0.0362. The first kappa shape index (κ1) is 14.1. The largest absolute Gasteiger partial charge is 0.368 e. The van der Waals surface area contributed by atoms with Gasteiger partial charge in [0.1, 0.15) is 6.04 Å². The van der Waals surface area contributed by atoms with Gasteiger partial charge in [-0.1, -0.05) is 24.3 Å². The number of piperidine rings is 1. The van der Waals surface area contributed by atoms with Gasteiger partial charge in [-0.25, -0.2) is 0 Å². The molecule has 2 aliphatic heterocycles. The van der Waals surface area contributed by atoms with Crippen molar-refractivity contribution in [1.82, 2.24) is 10.2 Å². The lowest BCUT2D eigenvalue weighted by atomic mass is 9.90. The van der Waals surface area contributed by atoms with Gasteiger partial charge in [-0.2, -0.15) is 0 Å². The lowest BCUT2D eigenvalue weighted by molar-refractivity contribution is -0.144. The fourth-order valence-corrected chi connectivity index (χ4v) is 3.31. The van der Waals surface area contributed by atoms with Gasteiger partial charge in [-0.3, -0.25) is 9.59 Å². The summed E-state index contributed by atoms with van der Waals surface area (Å²) in [6, 6.07) is 7.43. The third-order valence-corrected chi connectivity index (χ3v) is 4.51. The smallest absolute Gasteiger partial charge is 0.240 e. The van der Waals surface area contributed by atoms with E-state index < -0.39 is 11.9 Å². The number of carbonyl (C=O) groups is 2. The number of amides is 2. The van der Waals surface area contributed by atoms with Crippen molar-refractivity contribution in [3.63, 3.8) is 0 Å². The summed E-state index contributed by atoms with van der Waals surface area (Å²) in [7, 11) is 0. The fourth-order valence-electron chi connectivity index (χ4n) is 3.31. The van der Waals surface area contributed by atoms with Crippen LogP contribution in [0.4, 0.5) is 0 Å². The van der Waals surface area contributed by atoms with E-state index in [9.17, 15) is 9.59 Å². The molecular formula is C16H21N3O2. The van der Waals surface area contributed by atoms with E-state index in [0.717, 1.165) is 30.5 Å². The Morgan fingerprint density at radius 1 is 1.24 bits per heavy atom. The predicted octanol–water partition coefficient (Wildman–Crippen LogP) is 0.425. The van der Waals surface area contributed by atoms with E-state index in [1.165, 1.54) is 0 Å². The second kappa shape index (κ2) is 5.85. The number of benzene rings is 1. The van der Waals surface area contributed by atoms with Crippen molar-refractivity contribution in [2.24, 2.45) is 11.7 Å². The first-order valence-electron chi connectivity index (χ1n) is 7.54. The van der Waals surface area contributed by atoms with Crippen LogP contribution in [0, 0.1) is 5.92 Å². The van der Waals surface area contributed by atoms with Gasteiger partial charge in [0.15, 0.2) is 0 Å². The number of rotatable bonds is 2. The van der Waals surface area contributed by atoms with Gasteiger partial charge < -0.3 is 16.0 Å². The molecule has 2 aliphatic rings. The van der Waals surface area contributed by atoms with Gasteiger partial charge in [0.2, 0.25) is 11.8 Å². The molecular weight excluding hydrogens is 266 g/mol. The molecule has 3 rings (SSSR count). The molecule has 1 aromatic rings. The number of hydrogen-bond acceptors (Lipinski definition) is 3. The molecule has 1 fully saturated rings. The third kappa shape index (κ3) is 2.78. The molecule has 2 atom stereocenters. The Balaban J connectivity index is 1.85. The summed E-state index contributed by atoms with van der Waals surface area (Å²) < 4.78 is 0. The van der Waals surface area contributed by atoms with Gasteiger partial charge >= 0.3 is 0 Å². The van der Waals surface area contributed by atoms with E-state index in [-0.39, 0.29) is 11.8 Å². The summed E-state index contributed by atoms with van der Waals surface area (Å²) in [6.07, 6.45) is 2.41. The second-order valence-electron chi connectivity index (χ2n) is 5.90. The minimum atomic E-state index is -0.519. The van der Waals surface area contributed by atoms with Crippen molar-refractivity contribution in [2.75, 3.05) is 13.1 Å². The maximum atomic E-state index is 12.8. The molecule has 0 radical (unpaired) electrons. The Morgan fingerprint density at radius 2 is 2.00 bits per heavy atom. The molecule has 1 aromatic carbocycles. The van der Waals surface area contributed by atoms with E-state index >= 15 is 0 Å². The molecule has 5 heteroatoms. The molecule has 0 spiro atoms. The van der Waals surface area contributed by atoms with Crippen molar-refractivity contribution in [1.29, 1.82) is 0 Å². The van der Waals surface area contributed by atoms with Crippen LogP contribution < -0.4 is 11.1 Å². The van der Waals surface area contributed by atoms with Gasteiger partial charge in [0.05, 0.1) is 5.92 Å². The highest BCUT2D eigenvalue weighted by atomic mass is 16.2. The van der Waals surface area contributed by atoms with E-state index in [4.69, 9.17) is 5.73 Å². The zero-order valence-electron chi connectivity index (χ0n) is 12.0. The maximum Gasteiger partial charge on any atom is 0.240 e. The predicted molar refractivity (Wildman–Crippen MR) is 79.3 cm³/mol. The molecule has 0 saturated carbocycles. The third-order valence-electron chi connectivity index (χ3n) is 4.51. The van der Waals surface area contributed by atoms with Crippen LogP contribution >= 0.6 is 0 Å². The zero-order chi connectivity index (χ0) is 14.8. The normalized spacial score (nSPS) is 25.2. The molecule has 2 heterocycles. The highest BCUT2D eigenvalue weighted by Gasteiger charge is 2.36. The van der Waals surface area contributed by atoms with Crippen LogP contribution in [0.15, 0.2) is 24.3 Å². The van der Waals surface area contributed by atoms with E-state index in [1.807, 2.05) is 24.3 Å². The van der Waals surface area contributed by atoms with Crippen LogP contribution in [0.5, 0.6) is 0 Å². The molecule has 112 valence electrons. The number of nitrogens with zero attached hydrogens (tertiary/aromatic N) is 1. The SMILES string of the molecule is NC(=O)[C@@H]1Cc2ccccc2CN1C(=O)C1CCCNC1. The number of hydrogen-bond donors (Lipinski definition) is 2. The number of primary amides is 1. The lowest BCUT2D eigenvalue weighted by Crippen LogP contribution is -2.54. The van der Waals surface area contributed by atoms with Gasteiger partial charge in [0.25, 0.3) is 0 Å². The Morgan fingerprint density at radius 3 is 2.67 bits per heavy atom. The first-order valence-corrected chi connectivity index (χ1v) is 7.54. The monoisotopic (exact) mass is 287 g/mol. The summed E-state index contributed by atoms with van der Waals surface area (Å²) in [4.78, 5) is 26.2. The summed E-state index contributed by atoms with van der Waals surface area (Å²) in [5.41, 5.74) is 7.77. The van der Waals surface area contributed by atoms with Crippen LogP contribution in [-0.2, 0) is 22.6 Å². The van der Waals surface area contributed by atoms with Gasteiger partial charge in [-0.05, 0) is 30.5 Å². The van der Waals surface area contributed by atoms with Crippen molar-refractivity contribution >= 4 is 11.8 Å². The topological polar surface area (TPSA) is 75.4 Å². The molecule has 1 unspecified atom stereocenters. The summed E-state index contributed by atoms with van der Waals surface area (Å²) in [5.74, 6) is -0.395. The van der Waals surface area contributed by atoms with Crippen molar-refractivity contribution in [2.45, 2.75) is 31.8 Å². The highest BCUT2D eigenvalue weighted by Crippen LogP contribution is 2.26. The molecule has 1 saturated heterocycles. The zero-order valence-corrected chi connectivity index (χ0v) is 12.0. The van der Waals surface area contributed by atoms with Crippen molar-refractivity contribution in [3.05, 3.63) is 35.4 Å². The molecule has 0 aliphatic carbocycles. The number of nitrogens with two attached hydrogens (primary N) is 1. The molecule has 0 bridgehead atoms. The van der Waals surface area contributed by atoms with E-state index in [0.29, 0.717) is 19.5 Å². The minimum Gasteiger partial charge on any atom is -0.368 e. The number of nitrogens with one attached hydrogen (secondary N) is 1. The van der Waals surface area contributed by atoms with Crippen molar-refractivity contribution in [3.8, 4) is 0 Å². The van der Waals surface area contributed by atoms with Crippen LogP contribution in [0.25, 0.3) is 0 Å². The Bertz CT molecular complexity index is 552. The Hall–Kier alpha value is -1.88. The average molecular weight is 287 g/mol. The van der Waals surface area contributed by atoms with Gasteiger partial charge in [-0.15, -0.1) is 0 Å². The lowest BCUT2D eigenvalue weighted by Gasteiger charge is -2.38. The number of fused-ring (bicyclic) bond motifs is 1. The van der Waals surface area contributed by atoms with E-state index in [1.54, 1.807) is 4.90 Å². The summed E-state index contributed by atoms with van der Waals surface area (Å²) in [5, 5.41) is 3.25. The fraction of sp³-hybridized carbons (Fsp3) is 0.500. The average Bonchev–Trinajstić information content (AvgIpc) is 2.53. The van der Waals surface area contributed by atoms with Crippen LogP contribution in [0.3, 0.4) is 0 Å². The summed E-state index contributed by atoms with van der Waals surface area (Å²) in [6.45, 7) is 2.15. The molecule has 5 nitrogen and oxygen atoms in total. The molecule has 3 N–H and O–H groups in total.